The number of thiophene rings is 1. The number of benzene rings is 2. The van der Waals surface area contributed by atoms with Gasteiger partial charge in [0.25, 0.3) is 0 Å². The lowest BCUT2D eigenvalue weighted by molar-refractivity contribution is -0.116. The minimum atomic E-state index is -1.13. The average molecular weight is 415 g/mol. The molecule has 1 atom stereocenters. The zero-order chi connectivity index (χ0) is 20.7. The Bertz CT molecular complexity index is 1120. The van der Waals surface area contributed by atoms with Crippen LogP contribution in [0.25, 0.3) is 11.1 Å². The van der Waals surface area contributed by atoms with Gasteiger partial charge in [-0.3, -0.25) is 4.79 Å². The van der Waals surface area contributed by atoms with Crippen molar-refractivity contribution in [3.8, 4) is 16.9 Å². The highest BCUT2D eigenvalue weighted by Gasteiger charge is 2.34. The predicted octanol–water partition coefficient (Wildman–Crippen LogP) is 4.87. The number of rotatable bonds is 4. The minimum absolute atomic E-state index is 0.0136. The first-order valence-corrected chi connectivity index (χ1v) is 9.50. The lowest BCUT2D eigenvalue weighted by atomic mass is 9.88. The molecule has 2 heterocycles. The molecule has 5 nitrogen and oxygen atoms in total. The fourth-order valence-corrected chi connectivity index (χ4v) is 4.71. The van der Waals surface area contributed by atoms with Crippen LogP contribution in [0.4, 0.5) is 14.5 Å². The number of amides is 1. The van der Waals surface area contributed by atoms with Gasteiger partial charge >= 0.3 is 5.97 Å². The summed E-state index contributed by atoms with van der Waals surface area (Å²) in [4.78, 5) is 25.0. The number of methoxy groups -OCH3 is 1. The van der Waals surface area contributed by atoms with Crippen molar-refractivity contribution in [2.45, 2.75) is 12.3 Å². The van der Waals surface area contributed by atoms with E-state index in [-0.39, 0.29) is 17.2 Å². The van der Waals surface area contributed by atoms with Crippen molar-refractivity contribution in [3.63, 3.8) is 0 Å². The smallest absolute Gasteiger partial charge is 0.346 e. The quantitative estimate of drug-likeness (QED) is 0.637. The van der Waals surface area contributed by atoms with Crippen LogP contribution in [0.2, 0.25) is 0 Å². The Balaban J connectivity index is 1.90. The molecule has 1 aliphatic rings. The number of ether oxygens (including phenoxy) is 1. The van der Waals surface area contributed by atoms with Crippen LogP contribution in [0.3, 0.4) is 0 Å². The summed E-state index contributed by atoms with van der Waals surface area (Å²) in [6.07, 6.45) is 0.0136. The molecule has 0 unspecified atom stereocenters. The molecule has 3 aromatic rings. The van der Waals surface area contributed by atoms with Gasteiger partial charge in [0.1, 0.15) is 10.6 Å². The van der Waals surface area contributed by atoms with E-state index in [2.05, 4.69) is 5.32 Å². The number of aromatic carboxylic acids is 1. The normalized spacial score (nSPS) is 15.6. The molecule has 0 bridgehead atoms. The average Bonchev–Trinajstić information content (AvgIpc) is 3.09. The van der Waals surface area contributed by atoms with E-state index in [1.165, 1.54) is 13.2 Å². The van der Waals surface area contributed by atoms with Gasteiger partial charge in [-0.25, -0.2) is 13.6 Å². The van der Waals surface area contributed by atoms with Gasteiger partial charge in [-0.15, -0.1) is 11.3 Å². The van der Waals surface area contributed by atoms with Crippen LogP contribution in [-0.2, 0) is 4.79 Å². The summed E-state index contributed by atoms with van der Waals surface area (Å²) in [5.74, 6) is -3.40. The van der Waals surface area contributed by atoms with Crippen molar-refractivity contribution in [2.24, 2.45) is 0 Å². The number of carbonyl (C=O) groups excluding carboxylic acids is 1. The summed E-state index contributed by atoms with van der Waals surface area (Å²) in [6, 6.07) is 10.3. The maximum absolute atomic E-state index is 13.8. The molecule has 1 aromatic heterocycles. The Hall–Kier alpha value is -3.26. The van der Waals surface area contributed by atoms with Gasteiger partial charge in [0.05, 0.1) is 12.8 Å². The SMILES string of the molecule is COc1ccc(-c2c(C(=O)O)sc3c2NC(=O)C[C@@H]3c2ccc(F)c(F)c2)cc1. The fraction of sp³-hybridized carbons (Fsp3) is 0.143. The third kappa shape index (κ3) is 3.36. The van der Waals surface area contributed by atoms with Gasteiger partial charge in [-0.1, -0.05) is 18.2 Å². The van der Waals surface area contributed by atoms with E-state index in [1.54, 1.807) is 24.3 Å². The molecular formula is C21H15F2NO4S. The predicted molar refractivity (Wildman–Crippen MR) is 105 cm³/mol. The fourth-order valence-electron chi connectivity index (χ4n) is 3.47. The molecule has 29 heavy (non-hydrogen) atoms. The molecule has 148 valence electrons. The molecule has 8 heteroatoms. The number of hydrogen-bond donors (Lipinski definition) is 2. The number of carboxylic acids is 1. The van der Waals surface area contributed by atoms with E-state index in [1.807, 2.05) is 0 Å². The third-order valence-electron chi connectivity index (χ3n) is 4.82. The van der Waals surface area contributed by atoms with Gasteiger partial charge in [-0.05, 0) is 35.4 Å². The summed E-state index contributed by atoms with van der Waals surface area (Å²) in [6.45, 7) is 0. The summed E-state index contributed by atoms with van der Waals surface area (Å²) in [5, 5.41) is 12.5. The lowest BCUT2D eigenvalue weighted by Crippen LogP contribution is -2.22. The number of hydrogen-bond acceptors (Lipinski definition) is 4. The first-order valence-electron chi connectivity index (χ1n) is 8.68. The summed E-state index contributed by atoms with van der Waals surface area (Å²) in [7, 11) is 1.52. The van der Waals surface area contributed by atoms with Crippen LogP contribution in [0, 0.1) is 11.6 Å². The number of anilines is 1. The molecule has 0 radical (unpaired) electrons. The van der Waals surface area contributed by atoms with E-state index in [0.29, 0.717) is 33.0 Å². The van der Waals surface area contributed by atoms with Crippen molar-refractivity contribution in [1.82, 2.24) is 0 Å². The molecule has 0 aliphatic carbocycles. The van der Waals surface area contributed by atoms with Crippen molar-refractivity contribution < 1.29 is 28.2 Å². The Labute approximate surface area is 168 Å². The highest BCUT2D eigenvalue weighted by Crippen LogP contribution is 2.49. The molecule has 1 aliphatic heterocycles. The number of carbonyl (C=O) groups is 2. The van der Waals surface area contributed by atoms with E-state index in [4.69, 9.17) is 4.74 Å². The van der Waals surface area contributed by atoms with E-state index >= 15 is 0 Å². The second-order valence-electron chi connectivity index (χ2n) is 6.56. The van der Waals surface area contributed by atoms with E-state index in [9.17, 15) is 23.5 Å². The first kappa shape index (κ1) is 19.1. The van der Waals surface area contributed by atoms with Gasteiger partial charge in [0.2, 0.25) is 5.91 Å². The number of halogens is 2. The van der Waals surface area contributed by atoms with Crippen molar-refractivity contribution in [3.05, 3.63) is 69.4 Å². The number of nitrogens with one attached hydrogen (secondary N) is 1. The van der Waals surface area contributed by atoms with Crippen LogP contribution in [0.5, 0.6) is 5.75 Å². The Morgan fingerprint density at radius 3 is 2.52 bits per heavy atom. The number of carboxylic acid groups (broad SMARTS) is 1. The second-order valence-corrected chi connectivity index (χ2v) is 7.61. The molecule has 1 amide bonds. The Kier molecular flexibility index (Phi) is 4.79. The summed E-state index contributed by atoms with van der Waals surface area (Å²) >= 11 is 1.03. The highest BCUT2D eigenvalue weighted by molar-refractivity contribution is 7.15. The maximum atomic E-state index is 13.8. The second kappa shape index (κ2) is 7.29. The zero-order valence-corrected chi connectivity index (χ0v) is 16.0. The van der Waals surface area contributed by atoms with Gasteiger partial charge in [-0.2, -0.15) is 0 Å². The molecule has 2 aromatic carbocycles. The van der Waals surface area contributed by atoms with Crippen LogP contribution in [0.15, 0.2) is 42.5 Å². The van der Waals surface area contributed by atoms with Crippen LogP contribution in [-0.4, -0.2) is 24.1 Å². The minimum Gasteiger partial charge on any atom is -0.497 e. The van der Waals surface area contributed by atoms with E-state index < -0.39 is 23.5 Å². The largest absolute Gasteiger partial charge is 0.497 e. The van der Waals surface area contributed by atoms with Gasteiger partial charge in [0.15, 0.2) is 11.6 Å². The van der Waals surface area contributed by atoms with Crippen LogP contribution < -0.4 is 10.1 Å². The van der Waals surface area contributed by atoms with Crippen molar-refractivity contribution in [1.29, 1.82) is 0 Å². The lowest BCUT2D eigenvalue weighted by Gasteiger charge is -2.24. The molecule has 0 saturated carbocycles. The molecule has 4 rings (SSSR count). The first-order chi connectivity index (χ1) is 13.9. The molecule has 0 spiro atoms. The maximum Gasteiger partial charge on any atom is 0.346 e. The molecule has 0 fully saturated rings. The highest BCUT2D eigenvalue weighted by atomic mass is 32.1. The standard InChI is InChI=1S/C21H15F2NO4S/c1-28-12-5-2-10(3-6-12)17-18-19(29-20(17)21(26)27)13(9-16(25)24-18)11-4-7-14(22)15(23)8-11/h2-8,13H,9H2,1H3,(H,24,25)(H,26,27)/t13-/m1/s1. The van der Waals surface area contributed by atoms with Gasteiger partial charge < -0.3 is 15.2 Å². The molecule has 2 N–H and O–H groups in total. The molecule has 0 saturated heterocycles. The Morgan fingerprint density at radius 2 is 1.90 bits per heavy atom. The molecular weight excluding hydrogens is 400 g/mol. The number of fused-ring (bicyclic) bond motifs is 1. The van der Waals surface area contributed by atoms with Crippen molar-refractivity contribution in [2.75, 3.05) is 12.4 Å². The monoisotopic (exact) mass is 415 g/mol. The zero-order valence-electron chi connectivity index (χ0n) is 15.2. The van der Waals surface area contributed by atoms with Crippen LogP contribution >= 0.6 is 11.3 Å². The summed E-state index contributed by atoms with van der Waals surface area (Å²) in [5.41, 5.74) is 1.80. The topological polar surface area (TPSA) is 75.6 Å². The van der Waals surface area contributed by atoms with Gasteiger partial charge in [0, 0.05) is 22.8 Å². The van der Waals surface area contributed by atoms with Crippen molar-refractivity contribution >= 4 is 28.9 Å². The van der Waals surface area contributed by atoms with Crippen LogP contribution in [0.1, 0.15) is 32.5 Å². The summed E-state index contributed by atoms with van der Waals surface area (Å²) < 4.78 is 32.3. The van der Waals surface area contributed by atoms with E-state index in [0.717, 1.165) is 23.5 Å². The third-order valence-corrected chi connectivity index (χ3v) is 6.12. The Morgan fingerprint density at radius 1 is 1.17 bits per heavy atom.